The van der Waals surface area contributed by atoms with Gasteiger partial charge in [-0.3, -0.25) is 0 Å². The molecule has 26 heavy (non-hydrogen) atoms. The van der Waals surface area contributed by atoms with E-state index in [-0.39, 0.29) is 18.6 Å². The van der Waals surface area contributed by atoms with Crippen LogP contribution in [0.25, 0.3) is 0 Å². The number of halogens is 2. The summed E-state index contributed by atoms with van der Waals surface area (Å²) >= 11 is 11.9. The maximum absolute atomic E-state index is 12.1. The third-order valence-corrected chi connectivity index (χ3v) is 4.38. The van der Waals surface area contributed by atoms with Gasteiger partial charge in [-0.1, -0.05) is 41.4 Å². The lowest BCUT2D eigenvalue weighted by Gasteiger charge is -2.18. The predicted molar refractivity (Wildman–Crippen MR) is 104 cm³/mol. The molecular weight excluding hydrogens is 375 g/mol. The van der Waals surface area contributed by atoms with E-state index in [1.54, 1.807) is 18.2 Å². The highest BCUT2D eigenvalue weighted by Crippen LogP contribution is 2.26. The highest BCUT2D eigenvalue weighted by Gasteiger charge is 2.15. The molecule has 7 heteroatoms. The number of amides is 2. The summed E-state index contributed by atoms with van der Waals surface area (Å²) in [5.41, 5.74) is 1.46. The smallest absolute Gasteiger partial charge is 0.315 e. The molecule has 0 aliphatic heterocycles. The zero-order chi connectivity index (χ0) is 19.1. The lowest BCUT2D eigenvalue weighted by atomic mass is 10.1. The average Bonchev–Trinajstić information content (AvgIpc) is 2.60. The molecule has 5 nitrogen and oxygen atoms in total. The first-order valence-electron chi connectivity index (χ1n) is 8.30. The van der Waals surface area contributed by atoms with Crippen LogP contribution in [0.5, 0.6) is 5.75 Å². The standard InChI is InChI=1S/C19H22Cl2N2O3/c1-3-26-15-7-4-13(5-8-15)12(2)23-19(25)22-11-18(24)16-9-6-14(20)10-17(16)21/h4-10,12,18,24H,3,11H2,1-2H3,(H2,22,23,25). The quantitative estimate of drug-likeness (QED) is 0.645. The number of aliphatic hydroxyl groups excluding tert-OH is 1. The van der Waals surface area contributed by atoms with Crippen LogP contribution in [0.3, 0.4) is 0 Å². The Bertz CT molecular complexity index is 738. The van der Waals surface area contributed by atoms with Crippen molar-refractivity contribution in [2.75, 3.05) is 13.2 Å². The fourth-order valence-electron chi connectivity index (χ4n) is 2.42. The minimum atomic E-state index is -0.925. The van der Waals surface area contributed by atoms with Crippen LogP contribution in [0, 0.1) is 0 Å². The fraction of sp³-hybridized carbons (Fsp3) is 0.316. The summed E-state index contributed by atoms with van der Waals surface area (Å²) in [5, 5.41) is 16.5. The zero-order valence-electron chi connectivity index (χ0n) is 14.6. The highest BCUT2D eigenvalue weighted by molar-refractivity contribution is 6.35. The van der Waals surface area contributed by atoms with Gasteiger partial charge in [0, 0.05) is 22.2 Å². The molecule has 2 rings (SSSR count). The maximum atomic E-state index is 12.1. The van der Waals surface area contributed by atoms with Crippen molar-refractivity contribution in [2.45, 2.75) is 26.0 Å². The molecule has 0 bridgehead atoms. The van der Waals surface area contributed by atoms with Gasteiger partial charge in [-0.15, -0.1) is 0 Å². The molecule has 2 atom stereocenters. The van der Waals surface area contributed by atoms with Gasteiger partial charge < -0.3 is 20.5 Å². The van der Waals surface area contributed by atoms with E-state index in [9.17, 15) is 9.90 Å². The zero-order valence-corrected chi connectivity index (χ0v) is 16.1. The van der Waals surface area contributed by atoms with Crippen LogP contribution in [0.2, 0.25) is 10.0 Å². The Hall–Kier alpha value is -1.95. The van der Waals surface area contributed by atoms with Crippen LogP contribution in [-0.2, 0) is 0 Å². The van der Waals surface area contributed by atoms with E-state index < -0.39 is 6.10 Å². The van der Waals surface area contributed by atoms with Crippen molar-refractivity contribution in [1.82, 2.24) is 10.6 Å². The minimum Gasteiger partial charge on any atom is -0.494 e. The number of benzene rings is 2. The number of hydrogen-bond acceptors (Lipinski definition) is 3. The number of urea groups is 1. The van der Waals surface area contributed by atoms with E-state index in [1.807, 2.05) is 38.1 Å². The Morgan fingerprint density at radius 2 is 1.88 bits per heavy atom. The molecule has 2 aromatic rings. The van der Waals surface area contributed by atoms with Crippen molar-refractivity contribution in [3.63, 3.8) is 0 Å². The number of carbonyl (C=O) groups excluding carboxylic acids is 1. The number of aliphatic hydroxyl groups is 1. The van der Waals surface area contributed by atoms with Crippen molar-refractivity contribution in [1.29, 1.82) is 0 Å². The molecule has 0 fully saturated rings. The van der Waals surface area contributed by atoms with Gasteiger partial charge >= 0.3 is 6.03 Å². The SMILES string of the molecule is CCOc1ccc(C(C)NC(=O)NCC(O)c2ccc(Cl)cc2Cl)cc1. The summed E-state index contributed by atoms with van der Waals surface area (Å²) in [7, 11) is 0. The number of rotatable bonds is 7. The highest BCUT2D eigenvalue weighted by atomic mass is 35.5. The molecule has 2 aromatic carbocycles. The summed E-state index contributed by atoms with van der Waals surface area (Å²) < 4.78 is 5.40. The number of hydrogen-bond donors (Lipinski definition) is 3. The lowest BCUT2D eigenvalue weighted by molar-refractivity contribution is 0.172. The minimum absolute atomic E-state index is 0.0309. The van der Waals surface area contributed by atoms with E-state index >= 15 is 0 Å². The largest absolute Gasteiger partial charge is 0.494 e. The second-order valence-electron chi connectivity index (χ2n) is 5.76. The molecule has 0 saturated heterocycles. The van der Waals surface area contributed by atoms with E-state index in [2.05, 4.69) is 10.6 Å². The molecule has 0 radical (unpaired) electrons. The molecule has 2 amide bonds. The molecule has 0 heterocycles. The van der Waals surface area contributed by atoms with Gasteiger partial charge in [-0.25, -0.2) is 4.79 Å². The number of nitrogens with one attached hydrogen (secondary N) is 2. The first-order valence-corrected chi connectivity index (χ1v) is 9.06. The Balaban J connectivity index is 1.85. The van der Waals surface area contributed by atoms with Crippen molar-refractivity contribution < 1.29 is 14.6 Å². The van der Waals surface area contributed by atoms with E-state index in [0.717, 1.165) is 11.3 Å². The Labute approximate surface area is 163 Å². The van der Waals surface area contributed by atoms with Crippen molar-refractivity contribution in [3.8, 4) is 5.75 Å². The van der Waals surface area contributed by atoms with Crippen molar-refractivity contribution in [2.24, 2.45) is 0 Å². The van der Waals surface area contributed by atoms with Crippen LogP contribution < -0.4 is 15.4 Å². The van der Waals surface area contributed by atoms with Crippen molar-refractivity contribution >= 4 is 29.2 Å². The Kier molecular flexibility index (Phi) is 7.57. The molecule has 2 unspecified atom stereocenters. The molecular formula is C19H22Cl2N2O3. The third-order valence-electron chi connectivity index (χ3n) is 3.82. The number of ether oxygens (including phenoxy) is 1. The van der Waals surface area contributed by atoms with Gasteiger partial charge in [0.05, 0.1) is 18.8 Å². The van der Waals surface area contributed by atoms with Gasteiger partial charge in [0.25, 0.3) is 0 Å². The summed E-state index contributed by atoms with van der Waals surface area (Å²) in [5.74, 6) is 0.788. The summed E-state index contributed by atoms with van der Waals surface area (Å²) in [6, 6.07) is 11.8. The lowest BCUT2D eigenvalue weighted by Crippen LogP contribution is -2.39. The first kappa shape index (κ1) is 20.4. The first-order chi connectivity index (χ1) is 12.4. The summed E-state index contributed by atoms with van der Waals surface area (Å²) in [6.07, 6.45) is -0.925. The molecule has 3 N–H and O–H groups in total. The van der Waals surface area contributed by atoms with Gasteiger partial charge in [-0.05, 0) is 43.7 Å². The van der Waals surface area contributed by atoms with E-state index in [4.69, 9.17) is 27.9 Å². The van der Waals surface area contributed by atoms with Crippen LogP contribution >= 0.6 is 23.2 Å². The second kappa shape index (κ2) is 9.67. The molecule has 0 spiro atoms. The number of carbonyl (C=O) groups is 1. The van der Waals surface area contributed by atoms with Gasteiger partial charge in [0.1, 0.15) is 5.75 Å². The average molecular weight is 397 g/mol. The summed E-state index contributed by atoms with van der Waals surface area (Å²) in [4.78, 5) is 12.1. The maximum Gasteiger partial charge on any atom is 0.315 e. The third kappa shape index (κ3) is 5.80. The Morgan fingerprint density at radius 1 is 1.19 bits per heavy atom. The molecule has 0 aromatic heterocycles. The van der Waals surface area contributed by atoms with Crippen LogP contribution in [-0.4, -0.2) is 24.3 Å². The second-order valence-corrected chi connectivity index (χ2v) is 6.60. The van der Waals surface area contributed by atoms with Gasteiger partial charge in [0.2, 0.25) is 0 Å². The van der Waals surface area contributed by atoms with Crippen LogP contribution in [0.1, 0.15) is 37.1 Å². The van der Waals surface area contributed by atoms with Crippen LogP contribution in [0.4, 0.5) is 4.79 Å². The van der Waals surface area contributed by atoms with E-state index in [0.29, 0.717) is 22.2 Å². The van der Waals surface area contributed by atoms with Crippen molar-refractivity contribution in [3.05, 3.63) is 63.6 Å². The fourth-order valence-corrected chi connectivity index (χ4v) is 2.96. The van der Waals surface area contributed by atoms with E-state index in [1.165, 1.54) is 0 Å². The normalized spacial score (nSPS) is 13.0. The van der Waals surface area contributed by atoms with Gasteiger partial charge in [-0.2, -0.15) is 0 Å². The summed E-state index contributed by atoms with van der Waals surface area (Å²) in [6.45, 7) is 4.44. The predicted octanol–water partition coefficient (Wildman–Crippen LogP) is 4.49. The monoisotopic (exact) mass is 396 g/mol. The Morgan fingerprint density at radius 3 is 2.50 bits per heavy atom. The van der Waals surface area contributed by atoms with Crippen LogP contribution in [0.15, 0.2) is 42.5 Å². The molecule has 0 aliphatic rings. The van der Waals surface area contributed by atoms with Gasteiger partial charge in [0.15, 0.2) is 0 Å². The molecule has 0 saturated carbocycles. The molecule has 140 valence electrons. The molecule has 0 aliphatic carbocycles. The topological polar surface area (TPSA) is 70.6 Å².